The van der Waals surface area contributed by atoms with Gasteiger partial charge in [-0.1, -0.05) is 33.6 Å². The Balaban J connectivity index is 2.09. The maximum absolute atomic E-state index is 5.72. The van der Waals surface area contributed by atoms with Gasteiger partial charge in [-0.05, 0) is 24.7 Å². The van der Waals surface area contributed by atoms with Gasteiger partial charge in [-0.3, -0.25) is 0 Å². The highest BCUT2D eigenvalue weighted by atomic mass is 16.5. The summed E-state index contributed by atoms with van der Waals surface area (Å²) in [5.41, 5.74) is 5.96. The Morgan fingerprint density at radius 1 is 1.30 bits per heavy atom. The number of aromatic nitrogens is 3. The highest BCUT2D eigenvalue weighted by Crippen LogP contribution is 2.36. The number of hydrogen-bond donors (Lipinski definition) is 2. The Morgan fingerprint density at radius 2 is 2.10 bits per heavy atom. The van der Waals surface area contributed by atoms with Crippen LogP contribution < -0.4 is 15.8 Å². The van der Waals surface area contributed by atoms with Gasteiger partial charge in [0.2, 0.25) is 11.9 Å². The van der Waals surface area contributed by atoms with Crippen molar-refractivity contribution in [3.63, 3.8) is 0 Å². The van der Waals surface area contributed by atoms with Crippen LogP contribution in [0, 0.1) is 5.41 Å². The zero-order valence-corrected chi connectivity index (χ0v) is 12.6. The molecule has 0 bridgehead atoms. The molecule has 0 spiro atoms. The van der Waals surface area contributed by atoms with Crippen molar-refractivity contribution in [1.29, 1.82) is 0 Å². The Hall–Kier alpha value is -1.59. The molecule has 0 aromatic carbocycles. The summed E-state index contributed by atoms with van der Waals surface area (Å²) in [6, 6.07) is 0.660. The van der Waals surface area contributed by atoms with Crippen LogP contribution in [0.5, 0.6) is 6.01 Å². The highest BCUT2D eigenvalue weighted by molar-refractivity contribution is 5.34. The van der Waals surface area contributed by atoms with E-state index >= 15 is 0 Å². The lowest BCUT2D eigenvalue weighted by Crippen LogP contribution is -2.39. The molecule has 1 unspecified atom stereocenters. The van der Waals surface area contributed by atoms with E-state index in [2.05, 4.69) is 34.1 Å². The summed E-state index contributed by atoms with van der Waals surface area (Å²) >= 11 is 0. The summed E-state index contributed by atoms with van der Waals surface area (Å²) in [5, 5.41) is 3.41. The van der Waals surface area contributed by atoms with Crippen molar-refractivity contribution in [2.45, 2.75) is 58.9 Å². The quantitative estimate of drug-likeness (QED) is 0.861. The molecule has 1 aliphatic carbocycles. The number of hydrogen-bond acceptors (Lipinski definition) is 6. The minimum atomic E-state index is 0.196. The van der Waals surface area contributed by atoms with Gasteiger partial charge in [-0.2, -0.15) is 15.0 Å². The SMILES string of the molecule is CCCOc1nc(N)nc(NC2CCCCC2(C)C)n1. The zero-order chi connectivity index (χ0) is 14.6. The van der Waals surface area contributed by atoms with E-state index in [1.54, 1.807) is 0 Å². The normalized spacial score (nSPS) is 21.4. The number of anilines is 2. The molecule has 3 N–H and O–H groups in total. The van der Waals surface area contributed by atoms with Crippen molar-refractivity contribution in [2.24, 2.45) is 5.41 Å². The van der Waals surface area contributed by atoms with Crippen LogP contribution in [-0.4, -0.2) is 27.6 Å². The predicted molar refractivity (Wildman–Crippen MR) is 79.7 cm³/mol. The van der Waals surface area contributed by atoms with E-state index in [4.69, 9.17) is 10.5 Å². The average molecular weight is 279 g/mol. The molecule has 0 saturated heterocycles. The summed E-state index contributed by atoms with van der Waals surface area (Å²) < 4.78 is 5.44. The molecule has 0 amide bonds. The summed E-state index contributed by atoms with van der Waals surface area (Å²) in [4.78, 5) is 12.5. The van der Waals surface area contributed by atoms with Crippen molar-refractivity contribution in [2.75, 3.05) is 17.7 Å². The van der Waals surface area contributed by atoms with Gasteiger partial charge in [0, 0.05) is 6.04 Å². The van der Waals surface area contributed by atoms with Crippen molar-refractivity contribution < 1.29 is 4.74 Å². The first-order valence-electron chi connectivity index (χ1n) is 7.42. The Kier molecular flexibility index (Phi) is 4.62. The number of nitrogens with one attached hydrogen (secondary N) is 1. The monoisotopic (exact) mass is 279 g/mol. The molecular formula is C14H25N5O. The molecule has 1 aliphatic rings. The van der Waals surface area contributed by atoms with E-state index in [9.17, 15) is 0 Å². The van der Waals surface area contributed by atoms with Crippen LogP contribution >= 0.6 is 0 Å². The van der Waals surface area contributed by atoms with Gasteiger partial charge >= 0.3 is 6.01 Å². The Bertz CT molecular complexity index is 449. The molecule has 0 radical (unpaired) electrons. The third-order valence-electron chi connectivity index (χ3n) is 3.88. The minimum absolute atomic E-state index is 0.196. The lowest BCUT2D eigenvalue weighted by atomic mass is 9.73. The first kappa shape index (κ1) is 14.8. The van der Waals surface area contributed by atoms with Crippen LogP contribution in [0.2, 0.25) is 0 Å². The number of ether oxygens (including phenoxy) is 1. The molecule has 1 atom stereocenters. The second-order valence-electron chi connectivity index (χ2n) is 6.08. The number of nitrogens with two attached hydrogens (primary N) is 1. The molecule has 6 heteroatoms. The fourth-order valence-corrected chi connectivity index (χ4v) is 2.61. The van der Waals surface area contributed by atoms with Gasteiger partial charge in [0.1, 0.15) is 0 Å². The standard InChI is InChI=1S/C14H25N5O/c1-4-9-20-13-18-11(15)17-12(19-13)16-10-7-5-6-8-14(10,2)3/h10H,4-9H2,1-3H3,(H3,15,16,17,18,19). The van der Waals surface area contributed by atoms with E-state index < -0.39 is 0 Å². The maximum atomic E-state index is 5.72. The molecule has 1 heterocycles. The third kappa shape index (κ3) is 3.71. The van der Waals surface area contributed by atoms with Gasteiger partial charge in [0.15, 0.2) is 0 Å². The minimum Gasteiger partial charge on any atom is -0.463 e. The number of nitrogen functional groups attached to an aromatic ring is 1. The summed E-state index contributed by atoms with van der Waals surface area (Å²) in [6.07, 6.45) is 5.77. The van der Waals surface area contributed by atoms with Gasteiger partial charge in [-0.15, -0.1) is 0 Å². The average Bonchev–Trinajstić information content (AvgIpc) is 2.38. The number of nitrogens with zero attached hydrogens (tertiary/aromatic N) is 3. The van der Waals surface area contributed by atoms with E-state index in [1.165, 1.54) is 19.3 Å². The molecule has 6 nitrogen and oxygen atoms in total. The van der Waals surface area contributed by atoms with Crippen molar-refractivity contribution in [3.05, 3.63) is 0 Å². The molecule has 20 heavy (non-hydrogen) atoms. The van der Waals surface area contributed by atoms with Crippen LogP contribution in [0.15, 0.2) is 0 Å². The summed E-state index contributed by atoms with van der Waals surface area (Å²) in [7, 11) is 0. The molecule has 2 rings (SSSR count). The Morgan fingerprint density at radius 3 is 2.80 bits per heavy atom. The van der Waals surface area contributed by atoms with E-state index in [0.717, 1.165) is 12.8 Å². The highest BCUT2D eigenvalue weighted by Gasteiger charge is 2.32. The van der Waals surface area contributed by atoms with Crippen LogP contribution in [0.4, 0.5) is 11.9 Å². The first-order valence-corrected chi connectivity index (χ1v) is 7.42. The van der Waals surface area contributed by atoms with Crippen LogP contribution in [-0.2, 0) is 0 Å². The smallest absolute Gasteiger partial charge is 0.323 e. The largest absolute Gasteiger partial charge is 0.463 e. The molecule has 112 valence electrons. The lowest BCUT2D eigenvalue weighted by molar-refractivity contribution is 0.216. The molecule has 0 aliphatic heterocycles. The van der Waals surface area contributed by atoms with Gasteiger partial charge in [-0.25, -0.2) is 0 Å². The number of rotatable bonds is 5. The summed E-state index contributed by atoms with van der Waals surface area (Å²) in [6.45, 7) is 7.18. The Labute approximate surface area is 120 Å². The topological polar surface area (TPSA) is 86.0 Å². The second kappa shape index (κ2) is 6.24. The van der Waals surface area contributed by atoms with E-state index in [1.807, 2.05) is 6.92 Å². The van der Waals surface area contributed by atoms with Crippen molar-refractivity contribution in [1.82, 2.24) is 15.0 Å². The fourth-order valence-electron chi connectivity index (χ4n) is 2.61. The fraction of sp³-hybridized carbons (Fsp3) is 0.786. The maximum Gasteiger partial charge on any atom is 0.323 e. The van der Waals surface area contributed by atoms with Gasteiger partial charge in [0.05, 0.1) is 6.61 Å². The molecule has 1 aromatic rings. The zero-order valence-electron chi connectivity index (χ0n) is 12.6. The lowest BCUT2D eigenvalue weighted by Gasteiger charge is -2.39. The van der Waals surface area contributed by atoms with Crippen LogP contribution in [0.25, 0.3) is 0 Å². The molecule has 1 saturated carbocycles. The molecule has 1 fully saturated rings. The first-order chi connectivity index (χ1) is 9.51. The van der Waals surface area contributed by atoms with Gasteiger partial charge in [0.25, 0.3) is 0 Å². The van der Waals surface area contributed by atoms with Crippen molar-refractivity contribution >= 4 is 11.9 Å². The van der Waals surface area contributed by atoms with Crippen LogP contribution in [0.3, 0.4) is 0 Å². The summed E-state index contributed by atoms with van der Waals surface area (Å²) in [5.74, 6) is 0.714. The van der Waals surface area contributed by atoms with Gasteiger partial charge < -0.3 is 15.8 Å². The second-order valence-corrected chi connectivity index (χ2v) is 6.08. The van der Waals surface area contributed by atoms with Crippen LogP contribution in [0.1, 0.15) is 52.9 Å². The van der Waals surface area contributed by atoms with E-state index in [0.29, 0.717) is 24.6 Å². The molecular weight excluding hydrogens is 254 g/mol. The van der Waals surface area contributed by atoms with Crippen molar-refractivity contribution in [3.8, 4) is 6.01 Å². The predicted octanol–water partition coefficient (Wildman–Crippen LogP) is 2.62. The van der Waals surface area contributed by atoms with E-state index in [-0.39, 0.29) is 11.4 Å². The molecule has 1 aromatic heterocycles. The third-order valence-corrected chi connectivity index (χ3v) is 3.88.